The molecule has 0 aromatic heterocycles. The number of benzene rings is 1. The zero-order valence-corrected chi connectivity index (χ0v) is 12.2. The number of ether oxygens (including phenoxy) is 1. The topological polar surface area (TPSA) is 32.8 Å². The van der Waals surface area contributed by atoms with Gasteiger partial charge in [0.15, 0.2) is 0 Å². The molecule has 2 unspecified atom stereocenters. The summed E-state index contributed by atoms with van der Waals surface area (Å²) in [4.78, 5) is 15.9. The lowest BCUT2D eigenvalue weighted by Crippen LogP contribution is -2.30. The van der Waals surface area contributed by atoms with Crippen LogP contribution in [0.5, 0.6) is 0 Å². The smallest absolute Gasteiger partial charge is 0.414 e. The summed E-state index contributed by atoms with van der Waals surface area (Å²) in [5.74, 6) is 0.631. The van der Waals surface area contributed by atoms with Crippen molar-refractivity contribution in [2.45, 2.75) is 32.2 Å². The summed E-state index contributed by atoms with van der Waals surface area (Å²) in [5, 5.41) is 0. The van der Waals surface area contributed by atoms with Crippen molar-refractivity contribution in [3.8, 4) is 0 Å². The first-order valence-corrected chi connectivity index (χ1v) is 7.47. The van der Waals surface area contributed by atoms with Crippen LogP contribution in [0.15, 0.2) is 24.3 Å². The largest absolute Gasteiger partial charge is 0.447 e. The van der Waals surface area contributed by atoms with Crippen molar-refractivity contribution in [2.24, 2.45) is 0 Å². The number of carbonyl (C=O) groups is 1. The molecule has 2 atom stereocenters. The number of amides is 1. The molecule has 2 fully saturated rings. The van der Waals surface area contributed by atoms with Crippen LogP contribution in [0.4, 0.5) is 10.5 Å². The maximum absolute atomic E-state index is 11.7. The first-order chi connectivity index (χ1) is 9.69. The lowest BCUT2D eigenvalue weighted by molar-refractivity contribution is 0.179. The van der Waals surface area contributed by atoms with Crippen LogP contribution in [0, 0.1) is 0 Å². The average Bonchev–Trinajstić information content (AvgIpc) is 3.06. The van der Waals surface area contributed by atoms with Crippen molar-refractivity contribution in [3.05, 3.63) is 29.8 Å². The highest BCUT2D eigenvalue weighted by Crippen LogP contribution is 2.30. The fourth-order valence-electron chi connectivity index (χ4n) is 3.17. The van der Waals surface area contributed by atoms with Crippen molar-refractivity contribution in [2.75, 3.05) is 31.1 Å². The second-order valence-corrected chi connectivity index (χ2v) is 5.77. The number of hydrogen-bond donors (Lipinski definition) is 0. The van der Waals surface area contributed by atoms with Crippen LogP contribution in [0.2, 0.25) is 0 Å². The molecule has 2 saturated heterocycles. The minimum atomic E-state index is -0.233. The standard InChI is InChI=1S/C16H22N2O2/c1-3-17-9-8-14(10-17)13-4-6-15(7-5-13)18-12(2)11-20-16(18)19/h4-7,12,14H,3,8-11H2,1-2H3. The Morgan fingerprint density at radius 2 is 2.05 bits per heavy atom. The Labute approximate surface area is 120 Å². The Morgan fingerprint density at radius 3 is 2.60 bits per heavy atom. The Morgan fingerprint density at radius 1 is 1.30 bits per heavy atom. The third-order valence-electron chi connectivity index (χ3n) is 4.45. The summed E-state index contributed by atoms with van der Waals surface area (Å²) in [5.41, 5.74) is 2.32. The normalized spacial score (nSPS) is 27.1. The van der Waals surface area contributed by atoms with Gasteiger partial charge in [0.05, 0.1) is 6.04 Å². The third kappa shape index (κ3) is 2.40. The van der Waals surface area contributed by atoms with E-state index >= 15 is 0 Å². The van der Waals surface area contributed by atoms with E-state index in [4.69, 9.17) is 4.74 Å². The van der Waals surface area contributed by atoms with Gasteiger partial charge in [-0.25, -0.2) is 4.79 Å². The van der Waals surface area contributed by atoms with E-state index in [1.165, 1.54) is 18.5 Å². The second kappa shape index (κ2) is 5.44. The van der Waals surface area contributed by atoms with Crippen LogP contribution in [-0.4, -0.2) is 43.3 Å². The zero-order chi connectivity index (χ0) is 14.1. The van der Waals surface area contributed by atoms with Crippen LogP contribution in [0.1, 0.15) is 31.7 Å². The molecule has 0 bridgehead atoms. The molecule has 1 amide bonds. The number of nitrogens with zero attached hydrogens (tertiary/aromatic N) is 2. The van der Waals surface area contributed by atoms with E-state index in [-0.39, 0.29) is 12.1 Å². The van der Waals surface area contributed by atoms with Crippen LogP contribution in [-0.2, 0) is 4.74 Å². The number of carbonyl (C=O) groups excluding carboxylic acids is 1. The summed E-state index contributed by atoms with van der Waals surface area (Å²) in [6.45, 7) is 8.18. The van der Waals surface area contributed by atoms with Crippen LogP contribution < -0.4 is 4.90 Å². The highest BCUT2D eigenvalue weighted by Gasteiger charge is 2.31. The van der Waals surface area contributed by atoms with E-state index < -0.39 is 0 Å². The molecule has 0 saturated carbocycles. The van der Waals surface area contributed by atoms with Gasteiger partial charge in [0.1, 0.15) is 6.61 Å². The molecule has 20 heavy (non-hydrogen) atoms. The molecule has 1 aromatic rings. The van der Waals surface area contributed by atoms with Gasteiger partial charge in [0.25, 0.3) is 0 Å². The van der Waals surface area contributed by atoms with Gasteiger partial charge in [-0.15, -0.1) is 0 Å². The first kappa shape index (κ1) is 13.4. The van der Waals surface area contributed by atoms with E-state index in [9.17, 15) is 4.79 Å². The molecule has 0 radical (unpaired) electrons. The fraction of sp³-hybridized carbons (Fsp3) is 0.562. The van der Waals surface area contributed by atoms with Gasteiger partial charge in [0.2, 0.25) is 0 Å². The quantitative estimate of drug-likeness (QED) is 0.849. The molecule has 2 heterocycles. The molecule has 0 aliphatic carbocycles. The molecule has 2 aliphatic rings. The number of likely N-dealkylation sites (tertiary alicyclic amines) is 1. The van der Waals surface area contributed by atoms with Gasteiger partial charge in [-0.1, -0.05) is 19.1 Å². The number of cyclic esters (lactones) is 1. The van der Waals surface area contributed by atoms with Crippen molar-refractivity contribution >= 4 is 11.8 Å². The summed E-state index contributed by atoms with van der Waals surface area (Å²) in [6.07, 6.45) is 0.998. The Bertz CT molecular complexity index is 486. The first-order valence-electron chi connectivity index (χ1n) is 7.47. The lowest BCUT2D eigenvalue weighted by Gasteiger charge is -2.19. The second-order valence-electron chi connectivity index (χ2n) is 5.77. The van der Waals surface area contributed by atoms with E-state index in [2.05, 4.69) is 24.0 Å². The molecule has 0 N–H and O–H groups in total. The summed E-state index contributed by atoms with van der Waals surface area (Å²) < 4.78 is 5.07. The van der Waals surface area contributed by atoms with E-state index in [1.54, 1.807) is 4.90 Å². The van der Waals surface area contributed by atoms with Crippen molar-refractivity contribution in [1.82, 2.24) is 4.90 Å². The lowest BCUT2D eigenvalue weighted by atomic mass is 9.98. The van der Waals surface area contributed by atoms with E-state index in [0.29, 0.717) is 12.5 Å². The Balaban J connectivity index is 1.73. The minimum absolute atomic E-state index is 0.121. The fourth-order valence-corrected chi connectivity index (χ4v) is 3.17. The predicted octanol–water partition coefficient (Wildman–Crippen LogP) is 2.84. The van der Waals surface area contributed by atoms with Gasteiger partial charge >= 0.3 is 6.09 Å². The number of likely N-dealkylation sites (N-methyl/N-ethyl adjacent to an activating group) is 1. The minimum Gasteiger partial charge on any atom is -0.447 e. The highest BCUT2D eigenvalue weighted by atomic mass is 16.6. The Kier molecular flexibility index (Phi) is 3.66. The van der Waals surface area contributed by atoms with Crippen LogP contribution >= 0.6 is 0 Å². The number of hydrogen-bond acceptors (Lipinski definition) is 3. The molecule has 4 heteroatoms. The summed E-state index contributed by atoms with van der Waals surface area (Å²) in [7, 11) is 0. The summed E-state index contributed by atoms with van der Waals surface area (Å²) in [6, 6.07) is 8.55. The molecule has 4 nitrogen and oxygen atoms in total. The van der Waals surface area contributed by atoms with E-state index in [1.807, 2.05) is 19.1 Å². The summed E-state index contributed by atoms with van der Waals surface area (Å²) >= 11 is 0. The van der Waals surface area contributed by atoms with Crippen molar-refractivity contribution in [1.29, 1.82) is 0 Å². The molecule has 2 aliphatic heterocycles. The van der Waals surface area contributed by atoms with Crippen LogP contribution in [0.25, 0.3) is 0 Å². The molecule has 3 rings (SSSR count). The molecule has 0 spiro atoms. The maximum Gasteiger partial charge on any atom is 0.414 e. The molecular weight excluding hydrogens is 252 g/mol. The number of rotatable bonds is 3. The monoisotopic (exact) mass is 274 g/mol. The average molecular weight is 274 g/mol. The molecule has 1 aromatic carbocycles. The van der Waals surface area contributed by atoms with Crippen molar-refractivity contribution < 1.29 is 9.53 Å². The van der Waals surface area contributed by atoms with Gasteiger partial charge in [0, 0.05) is 12.2 Å². The third-order valence-corrected chi connectivity index (χ3v) is 4.45. The maximum atomic E-state index is 11.7. The van der Waals surface area contributed by atoms with Gasteiger partial charge in [-0.2, -0.15) is 0 Å². The van der Waals surface area contributed by atoms with Gasteiger partial charge < -0.3 is 9.64 Å². The van der Waals surface area contributed by atoms with Gasteiger partial charge in [-0.05, 0) is 50.0 Å². The predicted molar refractivity (Wildman–Crippen MR) is 79.2 cm³/mol. The highest BCUT2D eigenvalue weighted by molar-refractivity contribution is 5.90. The zero-order valence-electron chi connectivity index (χ0n) is 12.2. The van der Waals surface area contributed by atoms with Crippen molar-refractivity contribution in [3.63, 3.8) is 0 Å². The van der Waals surface area contributed by atoms with Crippen LogP contribution in [0.3, 0.4) is 0 Å². The van der Waals surface area contributed by atoms with E-state index in [0.717, 1.165) is 18.8 Å². The number of anilines is 1. The Hall–Kier alpha value is -1.55. The van der Waals surface area contributed by atoms with Gasteiger partial charge in [-0.3, -0.25) is 4.90 Å². The SMILES string of the molecule is CCN1CCC(c2ccc(N3C(=O)OCC3C)cc2)C1. The molecular formula is C16H22N2O2. The molecule has 108 valence electrons.